The Hall–Kier alpha value is -2.82. The first-order valence-corrected chi connectivity index (χ1v) is 11.2. The van der Waals surface area contributed by atoms with Gasteiger partial charge in [0.1, 0.15) is 0 Å². The Labute approximate surface area is 190 Å². The number of hydrogen-bond acceptors (Lipinski definition) is 5. The van der Waals surface area contributed by atoms with Crippen LogP contribution in [0.15, 0.2) is 52.4 Å². The van der Waals surface area contributed by atoms with Gasteiger partial charge in [0, 0.05) is 18.6 Å². The highest BCUT2D eigenvalue weighted by molar-refractivity contribution is 7.99. The fraction of sp³-hybridized carbons (Fsp3) is 0.304. The lowest BCUT2D eigenvalue weighted by Gasteiger charge is -2.19. The number of carbonyl (C=O) groups excluding carboxylic acids is 1. The van der Waals surface area contributed by atoms with Gasteiger partial charge in [-0.05, 0) is 35.7 Å². The summed E-state index contributed by atoms with van der Waals surface area (Å²) in [7, 11) is 1.66. The Balaban J connectivity index is 2.11. The SMILES string of the molecule is CC(C)c1ccccc1-n1c(SCC(=O)N(C)CCC#N)nc2cc(Cl)ccc2c1=O. The zero-order valence-electron chi connectivity index (χ0n) is 17.6. The fourth-order valence-electron chi connectivity index (χ4n) is 3.21. The molecular formula is C23H23ClN4O2S. The average molecular weight is 455 g/mol. The highest BCUT2D eigenvalue weighted by Crippen LogP contribution is 2.27. The summed E-state index contributed by atoms with van der Waals surface area (Å²) in [6.07, 6.45) is 0.270. The molecular weight excluding hydrogens is 432 g/mol. The lowest BCUT2D eigenvalue weighted by Crippen LogP contribution is -2.30. The van der Waals surface area contributed by atoms with Gasteiger partial charge in [-0.1, -0.05) is 55.4 Å². The van der Waals surface area contributed by atoms with Crippen molar-refractivity contribution in [2.45, 2.75) is 31.3 Å². The van der Waals surface area contributed by atoms with Gasteiger partial charge in [0.25, 0.3) is 5.56 Å². The standard InChI is InChI=1S/C23H23ClN4O2S/c1-15(2)17-7-4-5-8-20(17)28-22(30)18-10-9-16(24)13-19(18)26-23(28)31-14-21(29)27(3)12-6-11-25/h4-5,7-10,13,15H,6,12,14H2,1-3H3. The molecule has 3 rings (SSSR count). The number of halogens is 1. The Bertz CT molecular complexity index is 1220. The highest BCUT2D eigenvalue weighted by atomic mass is 35.5. The molecule has 0 atom stereocenters. The molecule has 0 radical (unpaired) electrons. The van der Waals surface area contributed by atoms with E-state index < -0.39 is 0 Å². The number of amides is 1. The molecule has 8 heteroatoms. The molecule has 31 heavy (non-hydrogen) atoms. The van der Waals surface area contributed by atoms with Crippen molar-refractivity contribution in [3.05, 3.63) is 63.4 Å². The molecule has 1 heterocycles. The van der Waals surface area contributed by atoms with Crippen LogP contribution in [0.4, 0.5) is 0 Å². The summed E-state index contributed by atoms with van der Waals surface area (Å²) in [4.78, 5) is 32.2. The van der Waals surface area contributed by atoms with Gasteiger partial charge in [0.05, 0.1) is 34.8 Å². The first kappa shape index (κ1) is 22.9. The van der Waals surface area contributed by atoms with E-state index in [1.54, 1.807) is 29.8 Å². The number of nitriles is 1. The third kappa shape index (κ3) is 5.09. The number of benzene rings is 2. The number of rotatable bonds is 7. The second-order valence-electron chi connectivity index (χ2n) is 7.42. The quantitative estimate of drug-likeness (QED) is 0.384. The molecule has 6 nitrogen and oxygen atoms in total. The van der Waals surface area contributed by atoms with Gasteiger partial charge in [0.15, 0.2) is 5.16 Å². The molecule has 0 saturated carbocycles. The predicted molar refractivity (Wildman–Crippen MR) is 125 cm³/mol. The number of aromatic nitrogens is 2. The fourth-order valence-corrected chi connectivity index (χ4v) is 4.32. The number of hydrogen-bond donors (Lipinski definition) is 0. The molecule has 0 aliphatic carbocycles. The van der Waals surface area contributed by atoms with E-state index in [1.807, 2.05) is 30.3 Å². The van der Waals surface area contributed by atoms with E-state index in [-0.39, 0.29) is 29.6 Å². The number of nitrogens with zero attached hydrogens (tertiary/aromatic N) is 4. The van der Waals surface area contributed by atoms with Gasteiger partial charge < -0.3 is 4.90 Å². The van der Waals surface area contributed by atoms with Crippen molar-refractivity contribution in [2.75, 3.05) is 19.3 Å². The minimum Gasteiger partial charge on any atom is -0.344 e. The van der Waals surface area contributed by atoms with E-state index in [9.17, 15) is 9.59 Å². The number of para-hydroxylation sites is 1. The van der Waals surface area contributed by atoms with Crippen molar-refractivity contribution in [2.24, 2.45) is 0 Å². The minimum atomic E-state index is -0.206. The monoisotopic (exact) mass is 454 g/mol. The summed E-state index contributed by atoms with van der Waals surface area (Å²) in [6.45, 7) is 4.50. The molecule has 160 valence electrons. The van der Waals surface area contributed by atoms with Crippen LogP contribution >= 0.6 is 23.4 Å². The summed E-state index contributed by atoms with van der Waals surface area (Å²) in [6, 6.07) is 14.8. The second kappa shape index (κ2) is 9.99. The lowest BCUT2D eigenvalue weighted by molar-refractivity contribution is -0.127. The largest absolute Gasteiger partial charge is 0.344 e. The molecule has 0 aliphatic heterocycles. The van der Waals surface area contributed by atoms with Gasteiger partial charge in [-0.15, -0.1) is 0 Å². The molecule has 1 aromatic heterocycles. The third-order valence-electron chi connectivity index (χ3n) is 4.91. The second-order valence-corrected chi connectivity index (χ2v) is 8.80. The van der Waals surface area contributed by atoms with Crippen LogP contribution in [0, 0.1) is 11.3 Å². The maximum atomic E-state index is 13.5. The van der Waals surface area contributed by atoms with Crippen LogP contribution in [0.1, 0.15) is 31.7 Å². The lowest BCUT2D eigenvalue weighted by atomic mass is 10.0. The zero-order valence-corrected chi connectivity index (χ0v) is 19.2. The van der Waals surface area contributed by atoms with E-state index in [4.69, 9.17) is 16.9 Å². The van der Waals surface area contributed by atoms with Crippen LogP contribution in [-0.4, -0.2) is 39.7 Å². The normalized spacial score (nSPS) is 11.0. The molecule has 0 fully saturated rings. The van der Waals surface area contributed by atoms with Gasteiger partial charge in [-0.3, -0.25) is 14.2 Å². The molecule has 0 aliphatic rings. The molecule has 2 aromatic carbocycles. The van der Waals surface area contributed by atoms with Crippen molar-refractivity contribution >= 4 is 40.2 Å². The number of thioether (sulfide) groups is 1. The van der Waals surface area contributed by atoms with Crippen LogP contribution in [0.25, 0.3) is 16.6 Å². The van der Waals surface area contributed by atoms with Crippen molar-refractivity contribution in [3.8, 4) is 11.8 Å². The Morgan fingerprint density at radius 2 is 2.03 bits per heavy atom. The topological polar surface area (TPSA) is 79.0 Å². The van der Waals surface area contributed by atoms with E-state index in [2.05, 4.69) is 18.8 Å². The van der Waals surface area contributed by atoms with E-state index in [0.29, 0.717) is 27.6 Å². The van der Waals surface area contributed by atoms with Gasteiger partial charge in [-0.2, -0.15) is 5.26 Å². The van der Waals surface area contributed by atoms with Crippen molar-refractivity contribution in [1.29, 1.82) is 5.26 Å². The first-order chi connectivity index (χ1) is 14.8. The molecule has 0 unspecified atom stereocenters. The van der Waals surface area contributed by atoms with Gasteiger partial charge in [0.2, 0.25) is 5.91 Å². The maximum absolute atomic E-state index is 13.5. The Morgan fingerprint density at radius 1 is 1.29 bits per heavy atom. The third-order valence-corrected chi connectivity index (χ3v) is 6.07. The van der Waals surface area contributed by atoms with Crippen LogP contribution in [0.2, 0.25) is 5.02 Å². The molecule has 0 saturated heterocycles. The number of carbonyl (C=O) groups is 1. The van der Waals surface area contributed by atoms with Crippen LogP contribution in [-0.2, 0) is 4.79 Å². The molecule has 0 spiro atoms. The molecule has 3 aromatic rings. The number of fused-ring (bicyclic) bond motifs is 1. The molecule has 0 bridgehead atoms. The zero-order chi connectivity index (χ0) is 22.5. The van der Waals surface area contributed by atoms with Gasteiger partial charge in [-0.25, -0.2) is 4.98 Å². The van der Waals surface area contributed by atoms with Crippen molar-refractivity contribution in [3.63, 3.8) is 0 Å². The van der Waals surface area contributed by atoms with Crippen molar-refractivity contribution < 1.29 is 4.79 Å². The van der Waals surface area contributed by atoms with E-state index in [1.165, 1.54) is 16.7 Å². The van der Waals surface area contributed by atoms with E-state index in [0.717, 1.165) is 11.3 Å². The summed E-state index contributed by atoms with van der Waals surface area (Å²) in [5.74, 6) is 0.162. The highest BCUT2D eigenvalue weighted by Gasteiger charge is 2.19. The van der Waals surface area contributed by atoms with E-state index >= 15 is 0 Å². The Morgan fingerprint density at radius 3 is 2.74 bits per heavy atom. The molecule has 1 amide bonds. The first-order valence-electron chi connectivity index (χ1n) is 9.88. The summed E-state index contributed by atoms with van der Waals surface area (Å²) >= 11 is 7.32. The summed E-state index contributed by atoms with van der Waals surface area (Å²) < 4.78 is 1.58. The van der Waals surface area contributed by atoms with Gasteiger partial charge >= 0.3 is 0 Å². The Kier molecular flexibility index (Phi) is 7.37. The maximum Gasteiger partial charge on any atom is 0.266 e. The molecule has 0 N–H and O–H groups in total. The van der Waals surface area contributed by atoms with Crippen LogP contribution < -0.4 is 5.56 Å². The summed E-state index contributed by atoms with van der Waals surface area (Å²) in [5.41, 5.74) is 2.05. The summed E-state index contributed by atoms with van der Waals surface area (Å²) in [5, 5.41) is 10.1. The minimum absolute atomic E-state index is 0.101. The predicted octanol–water partition coefficient (Wildman–Crippen LogP) is 4.63. The van der Waals surface area contributed by atoms with Crippen molar-refractivity contribution in [1.82, 2.24) is 14.5 Å². The van der Waals surface area contributed by atoms with Crippen LogP contribution in [0.3, 0.4) is 0 Å². The smallest absolute Gasteiger partial charge is 0.266 e. The van der Waals surface area contributed by atoms with Crippen LogP contribution in [0.5, 0.6) is 0 Å². The average Bonchev–Trinajstić information content (AvgIpc) is 2.75.